The van der Waals surface area contributed by atoms with Gasteiger partial charge in [0.05, 0.1) is 0 Å². The minimum atomic E-state index is 0. The first-order chi connectivity index (χ1) is 1.41. The second kappa shape index (κ2) is 57.8. The van der Waals surface area contributed by atoms with Crippen LogP contribution in [0.15, 0.2) is 0 Å². The third-order valence-electron chi connectivity index (χ3n) is 0. The summed E-state index contributed by atoms with van der Waals surface area (Å²) in [6.45, 7) is 1.93. The maximum absolute atomic E-state index is 7.57. The molecule has 0 saturated carbocycles. The molecule has 0 aromatic rings. The molecule has 0 rings (SSSR count). The van der Waals surface area contributed by atoms with Gasteiger partial charge in [0.1, 0.15) is 0 Å². The van der Waals surface area contributed by atoms with Crippen molar-refractivity contribution >= 4 is 0 Å². The SMILES string of the molecule is CCO.[OH-].[OH-].[OH-].[Sm+3]. The van der Waals surface area contributed by atoms with Crippen LogP contribution in [0.25, 0.3) is 0 Å². The van der Waals surface area contributed by atoms with Crippen LogP contribution in [-0.2, 0) is 0 Å². The largest absolute Gasteiger partial charge is 3.00 e. The van der Waals surface area contributed by atoms with Crippen LogP contribution in [0.5, 0.6) is 0 Å². The molecule has 4 N–H and O–H groups in total. The van der Waals surface area contributed by atoms with Crippen LogP contribution >= 0.6 is 0 Å². The van der Waals surface area contributed by atoms with E-state index >= 15 is 0 Å². The second-order valence-electron chi connectivity index (χ2n) is 0.316. The summed E-state index contributed by atoms with van der Waals surface area (Å²) in [4.78, 5) is 0. The van der Waals surface area contributed by atoms with E-state index in [0.29, 0.717) is 0 Å². The van der Waals surface area contributed by atoms with Crippen LogP contribution in [0.3, 0.4) is 0 Å². The Morgan fingerprint density at radius 3 is 1.14 bits per heavy atom. The summed E-state index contributed by atoms with van der Waals surface area (Å²) in [5.41, 5.74) is 0. The molecule has 0 aliphatic rings. The number of hydrogen-bond donors (Lipinski definition) is 1. The van der Waals surface area contributed by atoms with Gasteiger partial charge in [-0.15, -0.1) is 0 Å². The van der Waals surface area contributed by atoms with Gasteiger partial charge >= 0.3 is 40.4 Å². The average molecular weight is 247 g/mol. The van der Waals surface area contributed by atoms with Crippen molar-refractivity contribution in [2.75, 3.05) is 6.61 Å². The Kier molecular flexibility index (Phi) is 344. The van der Waals surface area contributed by atoms with Gasteiger partial charge in [0.25, 0.3) is 0 Å². The Bertz CT molecular complexity index is 9.65. The molecular formula is C2H9O4Sm. The Balaban J connectivity index is -0.00000000333. The van der Waals surface area contributed by atoms with Crippen LogP contribution in [0.4, 0.5) is 0 Å². The summed E-state index contributed by atoms with van der Waals surface area (Å²) in [5.74, 6) is 0. The zero-order valence-corrected chi connectivity index (χ0v) is 6.52. The fraction of sp³-hybridized carbons (Fsp3) is 1.00. The van der Waals surface area contributed by atoms with Crippen molar-refractivity contribution in [1.29, 1.82) is 0 Å². The van der Waals surface area contributed by atoms with Crippen molar-refractivity contribution in [3.05, 3.63) is 0 Å². The minimum absolute atomic E-state index is 0. The first kappa shape index (κ1) is 41.7. The van der Waals surface area contributed by atoms with Gasteiger partial charge in [0.2, 0.25) is 0 Å². The summed E-state index contributed by atoms with van der Waals surface area (Å²) < 4.78 is 0. The summed E-state index contributed by atoms with van der Waals surface area (Å²) in [6.07, 6.45) is 0. The van der Waals surface area contributed by atoms with Gasteiger partial charge in [0.15, 0.2) is 0 Å². The number of aliphatic hydroxyl groups is 1. The predicted molar refractivity (Wildman–Crippen MR) is 18.6 cm³/mol. The average Bonchev–Trinajstić information content (AvgIpc) is 0.918. The van der Waals surface area contributed by atoms with Gasteiger partial charge in [-0.25, -0.2) is 0 Å². The Labute approximate surface area is 74.9 Å². The van der Waals surface area contributed by atoms with E-state index in [-0.39, 0.29) is 63.4 Å². The van der Waals surface area contributed by atoms with Crippen LogP contribution in [-0.4, -0.2) is 28.1 Å². The number of aliphatic hydroxyl groups excluding tert-OH is 1. The molecule has 7 heavy (non-hydrogen) atoms. The molecule has 0 aliphatic carbocycles. The molecule has 0 aromatic carbocycles. The first-order valence-electron chi connectivity index (χ1n) is 1.02. The van der Waals surface area contributed by atoms with E-state index in [2.05, 4.69) is 0 Å². The van der Waals surface area contributed by atoms with Crippen LogP contribution in [0, 0.1) is 40.4 Å². The number of hydrogen-bond acceptors (Lipinski definition) is 4. The van der Waals surface area contributed by atoms with Gasteiger partial charge < -0.3 is 21.5 Å². The van der Waals surface area contributed by atoms with E-state index in [9.17, 15) is 0 Å². The van der Waals surface area contributed by atoms with Gasteiger partial charge in [0, 0.05) is 6.61 Å². The van der Waals surface area contributed by atoms with E-state index in [0.717, 1.165) is 0 Å². The van der Waals surface area contributed by atoms with Crippen molar-refractivity contribution in [2.45, 2.75) is 6.92 Å². The fourth-order valence-electron chi connectivity index (χ4n) is 0. The van der Waals surface area contributed by atoms with E-state index < -0.39 is 0 Å². The van der Waals surface area contributed by atoms with E-state index in [1.165, 1.54) is 0 Å². The molecule has 0 atom stereocenters. The molecule has 0 heterocycles. The molecule has 0 saturated heterocycles. The second-order valence-corrected chi connectivity index (χ2v) is 0.316. The zero-order chi connectivity index (χ0) is 2.71. The molecule has 0 bridgehead atoms. The third-order valence-corrected chi connectivity index (χ3v) is 0. The molecule has 0 aromatic heterocycles. The molecule has 0 spiro atoms. The van der Waals surface area contributed by atoms with Gasteiger partial charge in [-0.2, -0.15) is 0 Å². The normalized spacial score (nSPS) is 2.57. The van der Waals surface area contributed by atoms with E-state index in [1.54, 1.807) is 6.92 Å². The summed E-state index contributed by atoms with van der Waals surface area (Å²) >= 11 is 0. The number of rotatable bonds is 0. The van der Waals surface area contributed by atoms with Crippen LogP contribution < -0.4 is 0 Å². The van der Waals surface area contributed by atoms with Crippen LogP contribution in [0.1, 0.15) is 6.92 Å². The maximum atomic E-state index is 7.57. The Morgan fingerprint density at radius 2 is 1.14 bits per heavy atom. The van der Waals surface area contributed by atoms with Gasteiger partial charge in [-0.1, -0.05) is 0 Å². The van der Waals surface area contributed by atoms with E-state index in [1.807, 2.05) is 0 Å². The standard InChI is InChI=1S/C2H6O.3H2O.Sm/c1-2-3;;;;/h3H,2H2,1H3;3*1H2;/q;;;;+3/p-3. The minimum Gasteiger partial charge on any atom is -0.870 e. The van der Waals surface area contributed by atoms with Gasteiger partial charge in [-0.3, -0.25) is 0 Å². The first-order valence-corrected chi connectivity index (χ1v) is 1.02. The Hall–Kier alpha value is 1.18. The molecular weight excluding hydrogens is 238 g/mol. The monoisotopic (exact) mass is 249 g/mol. The molecule has 47 valence electrons. The fourth-order valence-corrected chi connectivity index (χ4v) is 0. The summed E-state index contributed by atoms with van der Waals surface area (Å²) in [7, 11) is 0. The smallest absolute Gasteiger partial charge is 0.870 e. The van der Waals surface area contributed by atoms with Crippen molar-refractivity contribution < 1.29 is 61.9 Å². The molecule has 0 unspecified atom stereocenters. The maximum Gasteiger partial charge on any atom is 3.00 e. The van der Waals surface area contributed by atoms with Crippen molar-refractivity contribution in [3.63, 3.8) is 0 Å². The summed E-state index contributed by atoms with van der Waals surface area (Å²) in [6, 6.07) is 0. The van der Waals surface area contributed by atoms with Gasteiger partial charge in [-0.05, 0) is 6.92 Å². The quantitative estimate of drug-likeness (QED) is 0.620. The molecule has 1 radical (unpaired) electrons. The van der Waals surface area contributed by atoms with Crippen molar-refractivity contribution in [1.82, 2.24) is 0 Å². The predicted octanol–water partition coefficient (Wildman–Crippen LogP) is -0.532. The molecule has 0 fully saturated rings. The van der Waals surface area contributed by atoms with Crippen molar-refractivity contribution in [3.8, 4) is 0 Å². The zero-order valence-electron chi connectivity index (χ0n) is 3.90. The Morgan fingerprint density at radius 1 is 1.14 bits per heavy atom. The topological polar surface area (TPSA) is 110 Å². The van der Waals surface area contributed by atoms with Crippen LogP contribution in [0.2, 0.25) is 0 Å². The third kappa shape index (κ3) is 139. The summed E-state index contributed by atoms with van der Waals surface area (Å²) in [5, 5.41) is 7.57. The molecule has 5 heteroatoms. The molecule has 0 amide bonds. The van der Waals surface area contributed by atoms with Crippen molar-refractivity contribution in [2.24, 2.45) is 0 Å². The molecule has 4 nitrogen and oxygen atoms in total. The van der Waals surface area contributed by atoms with E-state index in [4.69, 9.17) is 5.11 Å². The molecule has 0 aliphatic heterocycles.